The summed E-state index contributed by atoms with van der Waals surface area (Å²) in [5.41, 5.74) is 0. The Bertz CT molecular complexity index is 77.0. The molecule has 0 amide bonds. The fourth-order valence-electron chi connectivity index (χ4n) is 1.12. The summed E-state index contributed by atoms with van der Waals surface area (Å²) in [4.78, 5) is 0. The van der Waals surface area contributed by atoms with Gasteiger partial charge < -0.3 is 10.1 Å². The lowest BCUT2D eigenvalue weighted by atomic mass is 10.1. The molecule has 0 aromatic rings. The minimum Gasteiger partial charge on any atom is -0.369 e. The molecule has 1 fully saturated rings. The highest BCUT2D eigenvalue weighted by Crippen LogP contribution is 1.98. The number of quaternary nitrogens is 1. The Morgan fingerprint density at radius 1 is 1.56 bits per heavy atom. The van der Waals surface area contributed by atoms with E-state index in [-0.39, 0.29) is 0 Å². The molecule has 1 atom stereocenters. The SMILES string of the molecule is CC(C)C1COCC[NH2+]1. The maximum absolute atomic E-state index is 5.31. The minimum absolute atomic E-state index is 0.707. The summed E-state index contributed by atoms with van der Waals surface area (Å²) < 4.78 is 5.31. The van der Waals surface area contributed by atoms with Gasteiger partial charge in [-0.25, -0.2) is 0 Å². The normalized spacial score (nSPS) is 29.0. The van der Waals surface area contributed by atoms with Gasteiger partial charge in [0, 0.05) is 5.92 Å². The number of nitrogens with two attached hydrogens (primary N) is 1. The molecule has 1 aliphatic heterocycles. The molecule has 0 saturated carbocycles. The Labute approximate surface area is 56.6 Å². The molecular formula is C7H16NO+. The summed E-state index contributed by atoms with van der Waals surface area (Å²) in [5, 5.41) is 2.38. The van der Waals surface area contributed by atoms with Crippen molar-refractivity contribution in [2.45, 2.75) is 19.9 Å². The molecule has 1 saturated heterocycles. The minimum atomic E-state index is 0.707. The molecule has 9 heavy (non-hydrogen) atoms. The van der Waals surface area contributed by atoms with Crippen LogP contribution in [-0.4, -0.2) is 25.8 Å². The first-order valence-electron chi connectivity index (χ1n) is 3.72. The number of rotatable bonds is 1. The zero-order valence-electron chi connectivity index (χ0n) is 6.26. The standard InChI is InChI=1S/C7H15NO/c1-6(2)7-5-9-4-3-8-7/h6-8H,3-5H2,1-2H3/p+1. The van der Waals surface area contributed by atoms with E-state index in [1.165, 1.54) is 0 Å². The quantitative estimate of drug-likeness (QED) is 0.513. The Kier molecular flexibility index (Phi) is 2.49. The lowest BCUT2D eigenvalue weighted by molar-refractivity contribution is -0.710. The molecule has 0 spiro atoms. The van der Waals surface area contributed by atoms with Crippen LogP contribution in [0.25, 0.3) is 0 Å². The van der Waals surface area contributed by atoms with Crippen LogP contribution in [0.1, 0.15) is 13.8 Å². The molecule has 0 radical (unpaired) electrons. The molecule has 1 heterocycles. The Balaban J connectivity index is 2.23. The van der Waals surface area contributed by atoms with Crippen LogP contribution in [0.2, 0.25) is 0 Å². The summed E-state index contributed by atoms with van der Waals surface area (Å²) in [7, 11) is 0. The van der Waals surface area contributed by atoms with Crippen LogP contribution in [0.4, 0.5) is 0 Å². The van der Waals surface area contributed by atoms with Gasteiger partial charge in [-0.15, -0.1) is 0 Å². The zero-order valence-corrected chi connectivity index (χ0v) is 6.26. The van der Waals surface area contributed by atoms with E-state index in [0.717, 1.165) is 25.7 Å². The monoisotopic (exact) mass is 130 g/mol. The largest absolute Gasteiger partial charge is 0.369 e. The van der Waals surface area contributed by atoms with Crippen molar-refractivity contribution in [1.82, 2.24) is 0 Å². The number of hydrogen-bond donors (Lipinski definition) is 1. The van der Waals surface area contributed by atoms with Crippen molar-refractivity contribution in [2.24, 2.45) is 5.92 Å². The number of morpholine rings is 1. The Morgan fingerprint density at radius 2 is 2.33 bits per heavy atom. The van der Waals surface area contributed by atoms with Crippen molar-refractivity contribution in [3.8, 4) is 0 Å². The molecule has 54 valence electrons. The fourth-order valence-corrected chi connectivity index (χ4v) is 1.12. The molecule has 1 aliphatic rings. The van der Waals surface area contributed by atoms with Gasteiger partial charge in [0.2, 0.25) is 0 Å². The highest BCUT2D eigenvalue weighted by Gasteiger charge is 2.19. The lowest BCUT2D eigenvalue weighted by Crippen LogP contribution is -2.94. The Hall–Kier alpha value is -0.0800. The number of hydrogen-bond acceptors (Lipinski definition) is 1. The van der Waals surface area contributed by atoms with Crippen molar-refractivity contribution < 1.29 is 10.1 Å². The van der Waals surface area contributed by atoms with E-state index < -0.39 is 0 Å². The first-order chi connectivity index (χ1) is 4.30. The van der Waals surface area contributed by atoms with Crippen LogP contribution in [0.3, 0.4) is 0 Å². The topological polar surface area (TPSA) is 25.8 Å². The van der Waals surface area contributed by atoms with Crippen LogP contribution in [0.15, 0.2) is 0 Å². The summed E-state index contributed by atoms with van der Waals surface area (Å²) in [6, 6.07) is 0.707. The zero-order chi connectivity index (χ0) is 6.69. The Morgan fingerprint density at radius 3 is 2.67 bits per heavy atom. The van der Waals surface area contributed by atoms with Crippen molar-refractivity contribution in [2.75, 3.05) is 19.8 Å². The van der Waals surface area contributed by atoms with Gasteiger partial charge in [0.1, 0.15) is 6.04 Å². The van der Waals surface area contributed by atoms with Gasteiger partial charge in [-0.3, -0.25) is 0 Å². The van der Waals surface area contributed by atoms with Gasteiger partial charge in [0.15, 0.2) is 0 Å². The second kappa shape index (κ2) is 3.18. The lowest BCUT2D eigenvalue weighted by Gasteiger charge is -2.23. The summed E-state index contributed by atoms with van der Waals surface area (Å²) in [6.07, 6.45) is 0. The summed E-state index contributed by atoms with van der Waals surface area (Å²) >= 11 is 0. The maximum Gasteiger partial charge on any atom is 0.112 e. The van der Waals surface area contributed by atoms with Gasteiger partial charge in [-0.1, -0.05) is 13.8 Å². The van der Waals surface area contributed by atoms with Gasteiger partial charge in [0.05, 0.1) is 19.8 Å². The summed E-state index contributed by atoms with van der Waals surface area (Å²) in [6.45, 7) is 7.51. The van der Waals surface area contributed by atoms with E-state index in [1.54, 1.807) is 0 Å². The number of ether oxygens (including phenoxy) is 1. The highest BCUT2D eigenvalue weighted by molar-refractivity contribution is 4.59. The first-order valence-corrected chi connectivity index (χ1v) is 3.72. The molecule has 2 heteroatoms. The molecule has 1 unspecified atom stereocenters. The van der Waals surface area contributed by atoms with Crippen LogP contribution >= 0.6 is 0 Å². The van der Waals surface area contributed by atoms with Crippen molar-refractivity contribution in [3.05, 3.63) is 0 Å². The third-order valence-corrected chi connectivity index (χ3v) is 1.90. The summed E-state index contributed by atoms with van der Waals surface area (Å²) in [5.74, 6) is 0.755. The maximum atomic E-state index is 5.31. The van der Waals surface area contributed by atoms with E-state index in [0.29, 0.717) is 6.04 Å². The van der Waals surface area contributed by atoms with Crippen molar-refractivity contribution >= 4 is 0 Å². The van der Waals surface area contributed by atoms with Crippen LogP contribution in [0.5, 0.6) is 0 Å². The molecule has 0 aromatic carbocycles. The second-order valence-corrected chi connectivity index (χ2v) is 3.01. The third-order valence-electron chi connectivity index (χ3n) is 1.90. The van der Waals surface area contributed by atoms with Crippen LogP contribution < -0.4 is 5.32 Å². The molecule has 0 bridgehead atoms. The van der Waals surface area contributed by atoms with Crippen LogP contribution in [-0.2, 0) is 4.74 Å². The molecule has 0 aliphatic carbocycles. The van der Waals surface area contributed by atoms with Gasteiger partial charge in [-0.05, 0) is 0 Å². The van der Waals surface area contributed by atoms with E-state index in [4.69, 9.17) is 4.74 Å². The van der Waals surface area contributed by atoms with E-state index >= 15 is 0 Å². The fraction of sp³-hybridized carbons (Fsp3) is 1.00. The van der Waals surface area contributed by atoms with Crippen molar-refractivity contribution in [3.63, 3.8) is 0 Å². The molecule has 1 rings (SSSR count). The highest BCUT2D eigenvalue weighted by atomic mass is 16.5. The predicted molar refractivity (Wildman–Crippen MR) is 36.2 cm³/mol. The predicted octanol–water partition coefficient (Wildman–Crippen LogP) is -0.395. The molecule has 2 N–H and O–H groups in total. The van der Waals surface area contributed by atoms with E-state index in [9.17, 15) is 0 Å². The van der Waals surface area contributed by atoms with Gasteiger partial charge in [0.25, 0.3) is 0 Å². The smallest absolute Gasteiger partial charge is 0.112 e. The van der Waals surface area contributed by atoms with E-state index in [2.05, 4.69) is 19.2 Å². The van der Waals surface area contributed by atoms with Crippen LogP contribution in [0, 0.1) is 5.92 Å². The van der Waals surface area contributed by atoms with E-state index in [1.807, 2.05) is 0 Å². The molecule has 2 nitrogen and oxygen atoms in total. The average Bonchev–Trinajstić information content (AvgIpc) is 1.90. The van der Waals surface area contributed by atoms with Crippen molar-refractivity contribution in [1.29, 1.82) is 0 Å². The second-order valence-electron chi connectivity index (χ2n) is 3.01. The molecular weight excluding hydrogens is 114 g/mol. The average molecular weight is 130 g/mol. The molecule has 0 aromatic heterocycles. The van der Waals surface area contributed by atoms with Gasteiger partial charge >= 0.3 is 0 Å². The van der Waals surface area contributed by atoms with Gasteiger partial charge in [-0.2, -0.15) is 0 Å². The first kappa shape index (κ1) is 7.03. The third kappa shape index (κ3) is 1.95.